The fourth-order valence-corrected chi connectivity index (χ4v) is 3.26. The van der Waals surface area contributed by atoms with E-state index in [0.717, 1.165) is 0 Å². The molecule has 0 amide bonds. The predicted molar refractivity (Wildman–Crippen MR) is 96.9 cm³/mol. The monoisotopic (exact) mass is 373 g/mol. The summed E-state index contributed by atoms with van der Waals surface area (Å²) in [7, 11) is 0. The maximum Gasteiger partial charge on any atom is 0.191 e. The third-order valence-corrected chi connectivity index (χ3v) is 4.63. The molecule has 1 heterocycles. The summed E-state index contributed by atoms with van der Waals surface area (Å²) < 4.78 is 34.8. The summed E-state index contributed by atoms with van der Waals surface area (Å²) in [5, 5.41) is 8.89. The summed E-state index contributed by atoms with van der Waals surface area (Å²) in [6.45, 7) is 4.28. The minimum atomic E-state index is -0.434. The molecule has 0 aliphatic carbocycles. The van der Waals surface area contributed by atoms with Crippen molar-refractivity contribution in [3.63, 3.8) is 0 Å². The molecule has 0 unspecified atom stereocenters. The Balaban J connectivity index is 1.72. The molecular weight excluding hydrogens is 356 g/mol. The first-order chi connectivity index (χ1) is 12.7. The molecule has 3 rings (SSSR count). The fourth-order valence-electron chi connectivity index (χ4n) is 2.31. The largest absolute Gasteiger partial charge is 0.483 e. The lowest BCUT2D eigenvalue weighted by Crippen LogP contribution is -2.08. The van der Waals surface area contributed by atoms with Crippen molar-refractivity contribution in [3.05, 3.63) is 84.2 Å². The molecule has 0 fully saturated rings. The first-order valence-electron chi connectivity index (χ1n) is 7.95. The number of rotatable bonds is 8. The molecule has 4 nitrogen and oxygen atoms in total. The Morgan fingerprint density at radius 1 is 1.04 bits per heavy atom. The number of nitrogens with zero attached hydrogens (tertiary/aromatic N) is 3. The highest BCUT2D eigenvalue weighted by Gasteiger charge is 2.14. The van der Waals surface area contributed by atoms with Crippen LogP contribution in [0.15, 0.2) is 66.3 Å². The fraction of sp³-hybridized carbons (Fsp3) is 0.158. The topological polar surface area (TPSA) is 39.9 Å². The molecule has 0 bridgehead atoms. The average Bonchev–Trinajstić information content (AvgIpc) is 3.03. The van der Waals surface area contributed by atoms with Crippen LogP contribution in [0.4, 0.5) is 8.78 Å². The zero-order valence-corrected chi connectivity index (χ0v) is 14.8. The maximum atomic E-state index is 13.8. The minimum absolute atomic E-state index is 0.0715. The predicted octanol–water partition coefficient (Wildman–Crippen LogP) is 4.61. The standard InChI is InChI=1S/C19H17F2N3OS/c1-2-11-24-18(12-25-17-10-6-5-9-16(17)21)22-23-19(24)26-13-14-7-3-4-8-15(14)20/h2-10H,1,11-13H2. The van der Waals surface area contributed by atoms with Crippen molar-refractivity contribution in [1.29, 1.82) is 0 Å². The Kier molecular flexibility index (Phi) is 6.01. The smallest absolute Gasteiger partial charge is 0.191 e. The lowest BCUT2D eigenvalue weighted by atomic mass is 10.2. The highest BCUT2D eigenvalue weighted by molar-refractivity contribution is 7.98. The lowest BCUT2D eigenvalue weighted by Gasteiger charge is -2.09. The van der Waals surface area contributed by atoms with E-state index in [2.05, 4.69) is 16.8 Å². The molecule has 26 heavy (non-hydrogen) atoms. The highest BCUT2D eigenvalue weighted by Crippen LogP contribution is 2.24. The van der Waals surface area contributed by atoms with Crippen LogP contribution in [-0.2, 0) is 18.9 Å². The second kappa shape index (κ2) is 8.62. The van der Waals surface area contributed by atoms with Crippen molar-refractivity contribution in [2.45, 2.75) is 24.1 Å². The number of halogens is 2. The average molecular weight is 373 g/mol. The van der Waals surface area contributed by atoms with E-state index < -0.39 is 5.82 Å². The van der Waals surface area contributed by atoms with Crippen LogP contribution < -0.4 is 4.74 Å². The Morgan fingerprint density at radius 3 is 2.50 bits per heavy atom. The first kappa shape index (κ1) is 18.1. The second-order valence-corrected chi connectivity index (χ2v) is 6.34. The normalized spacial score (nSPS) is 10.7. The van der Waals surface area contributed by atoms with E-state index in [-0.39, 0.29) is 18.2 Å². The van der Waals surface area contributed by atoms with Gasteiger partial charge in [-0.3, -0.25) is 4.57 Å². The molecule has 3 aromatic rings. The molecule has 0 spiro atoms. The molecule has 0 aliphatic rings. The van der Waals surface area contributed by atoms with Crippen molar-refractivity contribution < 1.29 is 13.5 Å². The van der Waals surface area contributed by atoms with E-state index in [1.165, 1.54) is 23.9 Å². The Bertz CT molecular complexity index is 831. The summed E-state index contributed by atoms with van der Waals surface area (Å²) in [5.41, 5.74) is 0.592. The first-order valence-corrected chi connectivity index (χ1v) is 8.94. The van der Waals surface area contributed by atoms with Gasteiger partial charge in [0.25, 0.3) is 0 Å². The van der Waals surface area contributed by atoms with Gasteiger partial charge in [-0.15, -0.1) is 16.8 Å². The van der Waals surface area contributed by atoms with Gasteiger partial charge in [-0.25, -0.2) is 8.78 Å². The molecule has 2 aromatic carbocycles. The van der Waals surface area contributed by atoms with Crippen molar-refractivity contribution in [2.75, 3.05) is 0 Å². The van der Waals surface area contributed by atoms with Gasteiger partial charge in [-0.2, -0.15) is 0 Å². The quantitative estimate of drug-likeness (QED) is 0.427. The zero-order chi connectivity index (χ0) is 18.4. The lowest BCUT2D eigenvalue weighted by molar-refractivity contribution is 0.275. The van der Waals surface area contributed by atoms with Crippen LogP contribution in [0.2, 0.25) is 0 Å². The van der Waals surface area contributed by atoms with Crippen molar-refractivity contribution in [3.8, 4) is 5.75 Å². The van der Waals surface area contributed by atoms with Crippen molar-refractivity contribution in [1.82, 2.24) is 14.8 Å². The van der Waals surface area contributed by atoms with Crippen molar-refractivity contribution in [2.24, 2.45) is 0 Å². The Labute approximate surface area is 154 Å². The summed E-state index contributed by atoms with van der Waals surface area (Å²) in [6, 6.07) is 12.8. The van der Waals surface area contributed by atoms with Crippen LogP contribution >= 0.6 is 11.8 Å². The van der Waals surface area contributed by atoms with E-state index >= 15 is 0 Å². The number of thioether (sulfide) groups is 1. The van der Waals surface area contributed by atoms with Gasteiger partial charge in [0.05, 0.1) is 0 Å². The van der Waals surface area contributed by atoms with Gasteiger partial charge >= 0.3 is 0 Å². The molecule has 0 radical (unpaired) electrons. The van der Waals surface area contributed by atoms with E-state index in [4.69, 9.17) is 4.74 Å². The number of para-hydroxylation sites is 1. The molecule has 1 aromatic heterocycles. The van der Waals surface area contributed by atoms with Gasteiger partial charge < -0.3 is 4.74 Å². The molecule has 134 valence electrons. The number of hydrogen-bond donors (Lipinski definition) is 0. The van der Waals surface area contributed by atoms with Gasteiger partial charge in [-0.05, 0) is 23.8 Å². The minimum Gasteiger partial charge on any atom is -0.483 e. The van der Waals surface area contributed by atoms with Crippen LogP contribution in [0, 0.1) is 11.6 Å². The van der Waals surface area contributed by atoms with E-state index in [1.54, 1.807) is 42.5 Å². The van der Waals surface area contributed by atoms with Gasteiger partial charge in [-0.1, -0.05) is 48.2 Å². The van der Waals surface area contributed by atoms with E-state index in [9.17, 15) is 8.78 Å². The van der Waals surface area contributed by atoms with Gasteiger partial charge in [0.15, 0.2) is 22.5 Å². The SMILES string of the molecule is C=CCn1c(COc2ccccc2F)nnc1SCc1ccccc1F. The van der Waals surface area contributed by atoms with Crippen LogP contribution in [0.5, 0.6) is 5.75 Å². The molecule has 0 atom stereocenters. The zero-order valence-electron chi connectivity index (χ0n) is 13.9. The molecular formula is C19H17F2N3OS. The van der Waals surface area contributed by atoms with Crippen LogP contribution in [0.1, 0.15) is 11.4 Å². The van der Waals surface area contributed by atoms with Crippen LogP contribution in [0.3, 0.4) is 0 Å². The third-order valence-electron chi connectivity index (χ3n) is 3.61. The van der Waals surface area contributed by atoms with Gasteiger partial charge in [0, 0.05) is 12.3 Å². The number of allylic oxidation sites excluding steroid dienone is 1. The molecule has 0 saturated carbocycles. The highest BCUT2D eigenvalue weighted by atomic mass is 32.2. The molecule has 0 N–H and O–H groups in total. The molecule has 0 aliphatic heterocycles. The molecule has 7 heteroatoms. The van der Waals surface area contributed by atoms with E-state index in [0.29, 0.717) is 28.8 Å². The number of ether oxygens (including phenoxy) is 1. The summed E-state index contributed by atoms with van der Waals surface area (Å²) in [5.74, 6) is 0.440. The molecule has 0 saturated heterocycles. The number of hydrogen-bond acceptors (Lipinski definition) is 4. The van der Waals surface area contributed by atoms with E-state index in [1.807, 2.05) is 4.57 Å². The number of benzene rings is 2. The van der Waals surface area contributed by atoms with Gasteiger partial charge in [0.2, 0.25) is 0 Å². The van der Waals surface area contributed by atoms with Gasteiger partial charge in [0.1, 0.15) is 12.4 Å². The Morgan fingerprint density at radius 2 is 1.77 bits per heavy atom. The summed E-state index contributed by atoms with van der Waals surface area (Å²) >= 11 is 1.37. The van der Waals surface area contributed by atoms with Crippen LogP contribution in [0.25, 0.3) is 0 Å². The summed E-state index contributed by atoms with van der Waals surface area (Å²) in [4.78, 5) is 0. The number of aromatic nitrogens is 3. The summed E-state index contributed by atoms with van der Waals surface area (Å²) in [6.07, 6.45) is 1.71. The maximum absolute atomic E-state index is 13.8. The Hall–Kier alpha value is -2.67. The second-order valence-electron chi connectivity index (χ2n) is 5.40. The third kappa shape index (κ3) is 4.29. The van der Waals surface area contributed by atoms with Crippen LogP contribution in [-0.4, -0.2) is 14.8 Å². The van der Waals surface area contributed by atoms with Crippen molar-refractivity contribution >= 4 is 11.8 Å².